The van der Waals surface area contributed by atoms with Gasteiger partial charge < -0.3 is 10.6 Å². The molecule has 12 heteroatoms. The fraction of sp³-hybridized carbons (Fsp3) is 0.263. The molecule has 1 amide bonds. The highest BCUT2D eigenvalue weighted by atomic mass is 16.6. The SMILES string of the molecule is CCCCn1c(N)c(N(C)C(=O)c2ccn(-c3cccc([N+](=O)[O-])c3)n2)c(=O)[nH]c1=O. The number of non-ortho nitro benzene ring substituents is 1. The number of nitro benzene ring substituents is 1. The Balaban J connectivity index is 1.95. The number of aromatic nitrogens is 4. The van der Waals surface area contributed by atoms with Crippen LogP contribution in [0.5, 0.6) is 0 Å². The van der Waals surface area contributed by atoms with Gasteiger partial charge in [0.15, 0.2) is 11.4 Å². The lowest BCUT2D eigenvalue weighted by molar-refractivity contribution is -0.384. The maximum absolute atomic E-state index is 12.9. The number of nitrogens with two attached hydrogens (primary N) is 1. The molecule has 3 aromatic rings. The number of anilines is 2. The average molecular weight is 427 g/mol. The van der Waals surface area contributed by atoms with Crippen molar-refractivity contribution in [2.75, 3.05) is 17.7 Å². The second-order valence-corrected chi connectivity index (χ2v) is 6.78. The highest BCUT2D eigenvalue weighted by Gasteiger charge is 2.23. The second-order valence-electron chi connectivity index (χ2n) is 6.78. The van der Waals surface area contributed by atoms with E-state index in [0.717, 1.165) is 11.3 Å². The summed E-state index contributed by atoms with van der Waals surface area (Å²) in [6.45, 7) is 2.25. The Hall–Kier alpha value is -4.22. The van der Waals surface area contributed by atoms with Crippen molar-refractivity contribution in [3.63, 3.8) is 0 Å². The summed E-state index contributed by atoms with van der Waals surface area (Å²) in [5.41, 5.74) is 4.71. The van der Waals surface area contributed by atoms with Gasteiger partial charge in [0, 0.05) is 31.9 Å². The van der Waals surface area contributed by atoms with Crippen molar-refractivity contribution in [3.8, 4) is 5.69 Å². The third-order valence-corrected chi connectivity index (χ3v) is 4.70. The lowest BCUT2D eigenvalue weighted by Crippen LogP contribution is -2.39. The number of nitrogens with zero attached hydrogens (tertiary/aromatic N) is 5. The van der Waals surface area contributed by atoms with Crippen molar-refractivity contribution in [1.29, 1.82) is 0 Å². The first-order valence-electron chi connectivity index (χ1n) is 9.45. The van der Waals surface area contributed by atoms with Crippen LogP contribution in [0.2, 0.25) is 0 Å². The van der Waals surface area contributed by atoms with Crippen LogP contribution in [0, 0.1) is 10.1 Å². The van der Waals surface area contributed by atoms with E-state index in [0.29, 0.717) is 18.7 Å². The molecule has 0 aliphatic heterocycles. The van der Waals surface area contributed by atoms with Gasteiger partial charge in [0.2, 0.25) is 0 Å². The van der Waals surface area contributed by atoms with Gasteiger partial charge in [-0.3, -0.25) is 29.3 Å². The Morgan fingerprint density at radius 1 is 1.32 bits per heavy atom. The summed E-state index contributed by atoms with van der Waals surface area (Å²) in [6.07, 6.45) is 2.95. The van der Waals surface area contributed by atoms with Crippen LogP contribution in [0.3, 0.4) is 0 Å². The minimum atomic E-state index is -0.788. The van der Waals surface area contributed by atoms with E-state index in [1.807, 2.05) is 6.92 Å². The molecular formula is C19H21N7O5. The van der Waals surface area contributed by atoms with E-state index in [-0.39, 0.29) is 22.9 Å². The molecule has 0 atom stereocenters. The van der Waals surface area contributed by atoms with E-state index in [4.69, 9.17) is 5.73 Å². The van der Waals surface area contributed by atoms with E-state index in [1.165, 1.54) is 46.8 Å². The summed E-state index contributed by atoms with van der Waals surface area (Å²) in [5, 5.41) is 15.1. The van der Waals surface area contributed by atoms with E-state index < -0.39 is 22.1 Å². The van der Waals surface area contributed by atoms with E-state index >= 15 is 0 Å². The van der Waals surface area contributed by atoms with Gasteiger partial charge in [-0.2, -0.15) is 5.10 Å². The van der Waals surface area contributed by atoms with Crippen LogP contribution in [0.4, 0.5) is 17.2 Å². The number of carbonyl (C=O) groups excluding carboxylic acids is 1. The maximum atomic E-state index is 12.9. The Labute approximate surface area is 175 Å². The third kappa shape index (κ3) is 4.22. The molecule has 3 N–H and O–H groups in total. The first kappa shape index (κ1) is 21.5. The van der Waals surface area contributed by atoms with Crippen LogP contribution in [0.25, 0.3) is 5.69 Å². The van der Waals surface area contributed by atoms with Crippen molar-refractivity contribution in [1.82, 2.24) is 19.3 Å². The van der Waals surface area contributed by atoms with Crippen molar-refractivity contribution in [2.45, 2.75) is 26.3 Å². The van der Waals surface area contributed by atoms with Crippen LogP contribution in [0.15, 0.2) is 46.1 Å². The van der Waals surface area contributed by atoms with Crippen LogP contribution in [0.1, 0.15) is 30.3 Å². The zero-order valence-corrected chi connectivity index (χ0v) is 16.9. The average Bonchev–Trinajstić information content (AvgIpc) is 3.23. The Kier molecular flexibility index (Phi) is 6.00. The fourth-order valence-corrected chi connectivity index (χ4v) is 3.04. The van der Waals surface area contributed by atoms with Crippen molar-refractivity contribution in [3.05, 3.63) is 73.2 Å². The van der Waals surface area contributed by atoms with Gasteiger partial charge in [-0.05, 0) is 18.6 Å². The summed E-state index contributed by atoms with van der Waals surface area (Å²) in [5.74, 6) is -0.752. The van der Waals surface area contributed by atoms with Crippen molar-refractivity contribution < 1.29 is 9.72 Å². The van der Waals surface area contributed by atoms with E-state index in [1.54, 1.807) is 6.07 Å². The lowest BCUT2D eigenvalue weighted by Gasteiger charge is -2.19. The largest absolute Gasteiger partial charge is 0.383 e. The molecule has 1 aromatic carbocycles. The number of nitrogens with one attached hydrogen (secondary N) is 1. The Bertz CT molecular complexity index is 1260. The second kappa shape index (κ2) is 8.65. The number of nitrogen functional groups attached to an aromatic ring is 1. The van der Waals surface area contributed by atoms with Crippen LogP contribution >= 0.6 is 0 Å². The molecule has 0 fully saturated rings. The Morgan fingerprint density at radius 2 is 2.06 bits per heavy atom. The van der Waals surface area contributed by atoms with Gasteiger partial charge in [-0.15, -0.1) is 0 Å². The molecule has 0 radical (unpaired) electrons. The number of nitro groups is 1. The maximum Gasteiger partial charge on any atom is 0.330 e. The number of hydrogen-bond acceptors (Lipinski definition) is 7. The Morgan fingerprint density at radius 3 is 2.74 bits per heavy atom. The molecule has 0 aliphatic rings. The normalized spacial score (nSPS) is 10.8. The molecule has 0 aliphatic carbocycles. The molecule has 0 saturated carbocycles. The molecule has 31 heavy (non-hydrogen) atoms. The number of amides is 1. The molecule has 0 bridgehead atoms. The van der Waals surface area contributed by atoms with Crippen LogP contribution in [-0.2, 0) is 6.54 Å². The number of rotatable bonds is 7. The minimum absolute atomic E-state index is 0.0147. The summed E-state index contributed by atoms with van der Waals surface area (Å²) in [7, 11) is 1.35. The monoisotopic (exact) mass is 427 g/mol. The van der Waals surface area contributed by atoms with E-state index in [9.17, 15) is 24.5 Å². The highest BCUT2D eigenvalue weighted by Crippen LogP contribution is 2.19. The number of carbonyl (C=O) groups is 1. The number of aromatic amines is 1. The van der Waals surface area contributed by atoms with Gasteiger partial charge in [0.1, 0.15) is 5.82 Å². The quantitative estimate of drug-likeness (QED) is 0.424. The predicted octanol–water partition coefficient (Wildman–Crippen LogP) is 1.29. The molecule has 3 rings (SSSR count). The molecular weight excluding hydrogens is 406 g/mol. The first-order chi connectivity index (χ1) is 14.7. The summed E-state index contributed by atoms with van der Waals surface area (Å²) in [4.78, 5) is 51.0. The molecule has 2 heterocycles. The predicted molar refractivity (Wildman–Crippen MR) is 114 cm³/mol. The molecule has 162 valence electrons. The van der Waals surface area contributed by atoms with Crippen LogP contribution in [-0.4, -0.2) is 37.2 Å². The van der Waals surface area contributed by atoms with Crippen molar-refractivity contribution >= 4 is 23.1 Å². The zero-order chi connectivity index (χ0) is 22.7. The fourth-order valence-electron chi connectivity index (χ4n) is 3.04. The van der Waals surface area contributed by atoms with Gasteiger partial charge in [0.25, 0.3) is 17.2 Å². The summed E-state index contributed by atoms with van der Waals surface area (Å²) < 4.78 is 2.52. The number of H-pyrrole nitrogens is 1. The first-order valence-corrected chi connectivity index (χ1v) is 9.45. The topological polar surface area (TPSA) is 162 Å². The highest BCUT2D eigenvalue weighted by molar-refractivity contribution is 6.05. The number of benzene rings is 1. The molecule has 2 aromatic heterocycles. The lowest BCUT2D eigenvalue weighted by atomic mass is 10.3. The third-order valence-electron chi connectivity index (χ3n) is 4.70. The summed E-state index contributed by atoms with van der Waals surface area (Å²) in [6, 6.07) is 7.18. The van der Waals surface area contributed by atoms with Gasteiger partial charge >= 0.3 is 5.69 Å². The molecule has 0 saturated heterocycles. The van der Waals surface area contributed by atoms with Gasteiger partial charge in [0.05, 0.1) is 10.6 Å². The number of hydrogen-bond donors (Lipinski definition) is 2. The smallest absolute Gasteiger partial charge is 0.330 e. The summed E-state index contributed by atoms with van der Waals surface area (Å²) >= 11 is 0. The van der Waals surface area contributed by atoms with Gasteiger partial charge in [-0.1, -0.05) is 19.4 Å². The van der Waals surface area contributed by atoms with E-state index in [2.05, 4.69) is 10.1 Å². The molecule has 0 spiro atoms. The molecule has 12 nitrogen and oxygen atoms in total. The number of unbranched alkanes of at least 4 members (excludes halogenated alkanes) is 1. The molecule has 0 unspecified atom stereocenters. The minimum Gasteiger partial charge on any atom is -0.383 e. The standard InChI is InChI=1S/C19H21N7O5/c1-3-4-9-24-16(20)15(17(27)21-19(24)29)23(2)18(28)14-8-10-25(22-14)12-6-5-7-13(11-12)26(30)31/h5-8,10-11H,3-4,9,20H2,1-2H3,(H,21,27,29). The van der Waals surface area contributed by atoms with Crippen LogP contribution < -0.4 is 21.9 Å². The van der Waals surface area contributed by atoms with Gasteiger partial charge in [-0.25, -0.2) is 9.48 Å². The van der Waals surface area contributed by atoms with Crippen molar-refractivity contribution in [2.24, 2.45) is 0 Å². The zero-order valence-electron chi connectivity index (χ0n) is 16.9.